The summed E-state index contributed by atoms with van der Waals surface area (Å²) in [6, 6.07) is 16.4. The zero-order valence-electron chi connectivity index (χ0n) is 24.5. The number of nitrogens with two attached hydrogens (primary N) is 1. The van der Waals surface area contributed by atoms with Gasteiger partial charge < -0.3 is 15.9 Å². The van der Waals surface area contributed by atoms with Crippen LogP contribution in [0, 0.1) is 29.6 Å². The highest BCUT2D eigenvalue weighted by Gasteiger charge is 2.44. The number of aromatic nitrogens is 1. The van der Waals surface area contributed by atoms with Crippen LogP contribution in [0.5, 0.6) is 0 Å². The molecule has 1 unspecified atom stereocenters. The third-order valence-electron chi connectivity index (χ3n) is 8.30. The zero-order chi connectivity index (χ0) is 32.0. The molecule has 0 saturated heterocycles. The van der Waals surface area contributed by atoms with Gasteiger partial charge in [0.25, 0.3) is 5.91 Å². The molecule has 1 aromatic heterocycles. The lowest BCUT2D eigenvalue weighted by Gasteiger charge is -2.44. The lowest BCUT2D eigenvalue weighted by atomic mass is 9.75. The van der Waals surface area contributed by atoms with Crippen LogP contribution < -0.4 is 11.2 Å². The number of carbonyl (C=O) groups excluding carboxylic acids is 2. The van der Waals surface area contributed by atoms with Crippen molar-refractivity contribution in [3.63, 3.8) is 0 Å². The SMILES string of the molecule is NC(=O)[C@H]1C[C@](O)(C#Cc2cccc(Cl)c2)CCC1NN(C(=O)c1cccnc1)[C@H]1CCC[C@@](O)(C#Cc2cccc(Cl)c2)C1. The Morgan fingerprint density at radius 1 is 0.911 bits per heavy atom. The maximum Gasteiger partial charge on any atom is 0.269 e. The first-order valence-corrected chi connectivity index (χ1v) is 15.6. The Balaban J connectivity index is 1.39. The maximum atomic E-state index is 13.9. The average Bonchev–Trinajstić information content (AvgIpc) is 3.02. The smallest absolute Gasteiger partial charge is 0.269 e. The summed E-state index contributed by atoms with van der Waals surface area (Å²) in [7, 11) is 0. The van der Waals surface area contributed by atoms with Crippen LogP contribution in [0.2, 0.25) is 10.0 Å². The van der Waals surface area contributed by atoms with Crippen molar-refractivity contribution in [2.75, 3.05) is 0 Å². The van der Waals surface area contributed by atoms with Gasteiger partial charge >= 0.3 is 0 Å². The topological polar surface area (TPSA) is 129 Å². The van der Waals surface area contributed by atoms with E-state index in [1.807, 2.05) is 6.07 Å². The van der Waals surface area contributed by atoms with Gasteiger partial charge in [0.1, 0.15) is 11.2 Å². The minimum absolute atomic E-state index is 0.0117. The number of primary amides is 1. The van der Waals surface area contributed by atoms with E-state index in [9.17, 15) is 19.8 Å². The van der Waals surface area contributed by atoms with E-state index in [4.69, 9.17) is 28.9 Å². The predicted molar refractivity (Wildman–Crippen MR) is 173 cm³/mol. The Morgan fingerprint density at radius 3 is 2.13 bits per heavy atom. The summed E-state index contributed by atoms with van der Waals surface area (Å²) in [5, 5.41) is 25.5. The van der Waals surface area contributed by atoms with Crippen LogP contribution in [-0.4, -0.2) is 55.3 Å². The molecule has 0 aliphatic heterocycles. The lowest BCUT2D eigenvalue weighted by Crippen LogP contribution is -2.61. The van der Waals surface area contributed by atoms with Crippen molar-refractivity contribution in [2.45, 2.75) is 68.2 Å². The first-order chi connectivity index (χ1) is 21.5. The van der Waals surface area contributed by atoms with Crippen LogP contribution in [0.4, 0.5) is 0 Å². The Kier molecular flexibility index (Phi) is 10.1. The molecule has 5 rings (SSSR count). The van der Waals surface area contributed by atoms with E-state index >= 15 is 0 Å². The summed E-state index contributed by atoms with van der Waals surface area (Å²) < 4.78 is 0. The number of hydrogen-bond acceptors (Lipinski definition) is 6. The highest BCUT2D eigenvalue weighted by Crippen LogP contribution is 2.35. The molecule has 2 fully saturated rings. The summed E-state index contributed by atoms with van der Waals surface area (Å²) in [5.74, 6) is 10.1. The van der Waals surface area contributed by atoms with Gasteiger partial charge in [-0.15, -0.1) is 0 Å². The van der Waals surface area contributed by atoms with Gasteiger partial charge in [0, 0.05) is 52.4 Å². The fraction of sp³-hybridized carbons (Fsp3) is 0.343. The molecule has 3 aromatic rings. The Morgan fingerprint density at radius 2 is 1.56 bits per heavy atom. The third kappa shape index (κ3) is 8.43. The summed E-state index contributed by atoms with van der Waals surface area (Å²) >= 11 is 12.2. The number of amides is 2. The molecule has 45 heavy (non-hydrogen) atoms. The van der Waals surface area contributed by atoms with Gasteiger partial charge in [0.15, 0.2) is 0 Å². The fourth-order valence-corrected chi connectivity index (χ4v) is 6.36. The first kappa shape index (κ1) is 32.5. The zero-order valence-corrected chi connectivity index (χ0v) is 26.1. The largest absolute Gasteiger partial charge is 0.378 e. The molecule has 2 aliphatic rings. The molecule has 2 amide bonds. The molecular formula is C35H34Cl2N4O4. The molecule has 0 spiro atoms. The number of hydrogen-bond donors (Lipinski definition) is 4. The van der Waals surface area contributed by atoms with Gasteiger partial charge in [0.05, 0.1) is 17.5 Å². The van der Waals surface area contributed by atoms with Crippen LogP contribution in [-0.2, 0) is 4.79 Å². The molecule has 232 valence electrons. The van der Waals surface area contributed by atoms with Crippen molar-refractivity contribution in [1.82, 2.24) is 15.4 Å². The summed E-state index contributed by atoms with van der Waals surface area (Å²) in [6.45, 7) is 0. The molecule has 0 radical (unpaired) electrons. The summed E-state index contributed by atoms with van der Waals surface area (Å²) in [6.07, 6.45) is 5.45. The summed E-state index contributed by atoms with van der Waals surface area (Å²) in [5.41, 5.74) is 8.01. The second-order valence-electron chi connectivity index (χ2n) is 11.7. The van der Waals surface area contributed by atoms with E-state index in [0.717, 1.165) is 0 Å². The van der Waals surface area contributed by atoms with Crippen molar-refractivity contribution >= 4 is 35.0 Å². The van der Waals surface area contributed by atoms with Gasteiger partial charge in [0.2, 0.25) is 5.91 Å². The van der Waals surface area contributed by atoms with E-state index in [1.54, 1.807) is 60.8 Å². The lowest BCUT2D eigenvalue weighted by molar-refractivity contribution is -0.127. The number of nitrogens with zero attached hydrogens (tertiary/aromatic N) is 2. The van der Waals surface area contributed by atoms with Crippen LogP contribution in [0.25, 0.3) is 0 Å². The third-order valence-corrected chi connectivity index (χ3v) is 8.77. The van der Waals surface area contributed by atoms with Gasteiger partial charge in [-0.05, 0) is 80.6 Å². The predicted octanol–water partition coefficient (Wildman–Crippen LogP) is 4.50. The van der Waals surface area contributed by atoms with Crippen LogP contribution in [0.15, 0.2) is 73.1 Å². The number of rotatable bonds is 5. The normalized spacial score (nSPS) is 26.0. The number of halogens is 2. The summed E-state index contributed by atoms with van der Waals surface area (Å²) in [4.78, 5) is 30.8. The van der Waals surface area contributed by atoms with Crippen molar-refractivity contribution in [3.05, 3.63) is 99.8 Å². The molecule has 5 atom stereocenters. The van der Waals surface area contributed by atoms with Crippen molar-refractivity contribution in [3.8, 4) is 23.7 Å². The van der Waals surface area contributed by atoms with E-state index in [1.165, 1.54) is 11.2 Å². The molecule has 2 aromatic carbocycles. The average molecular weight is 646 g/mol. The minimum Gasteiger partial charge on any atom is -0.378 e. The van der Waals surface area contributed by atoms with E-state index in [2.05, 4.69) is 34.1 Å². The van der Waals surface area contributed by atoms with Crippen LogP contribution in [0.3, 0.4) is 0 Å². The molecule has 1 heterocycles. The van der Waals surface area contributed by atoms with Gasteiger partial charge in [-0.25, -0.2) is 5.43 Å². The van der Waals surface area contributed by atoms with Crippen LogP contribution >= 0.6 is 23.2 Å². The number of pyridine rings is 1. The molecular weight excluding hydrogens is 611 g/mol. The second-order valence-corrected chi connectivity index (χ2v) is 12.6. The quantitative estimate of drug-likeness (QED) is 0.239. The first-order valence-electron chi connectivity index (χ1n) is 14.8. The molecule has 2 saturated carbocycles. The number of hydrazine groups is 1. The number of carbonyl (C=O) groups is 2. The van der Waals surface area contributed by atoms with Crippen molar-refractivity contribution in [2.24, 2.45) is 11.7 Å². The highest BCUT2D eigenvalue weighted by atomic mass is 35.5. The van der Waals surface area contributed by atoms with E-state index in [0.29, 0.717) is 52.4 Å². The Hall–Kier alpha value is -3.89. The maximum absolute atomic E-state index is 13.9. The second kappa shape index (κ2) is 14.0. The minimum atomic E-state index is -1.46. The van der Waals surface area contributed by atoms with E-state index < -0.39 is 35.1 Å². The standard InChI is InChI=1S/C35H34Cl2N4O4/c36-27-8-1-5-24(19-27)11-15-34(44)14-3-10-29(21-34)41(33(43)26-7-4-18-39-23-26)40-31-13-17-35(45,22-30(31)32(38)42)16-12-25-6-2-9-28(37)20-25/h1-2,4-9,18-20,23,29-31,40,44-45H,3,10,13-14,17,21-22H2,(H2,38,42)/t29-,30-,31?,34+,35-/m0/s1. The van der Waals surface area contributed by atoms with Crippen molar-refractivity contribution < 1.29 is 19.8 Å². The number of benzene rings is 2. The fourth-order valence-electron chi connectivity index (χ4n) is 5.97. The molecule has 8 nitrogen and oxygen atoms in total. The number of nitrogens with one attached hydrogen (secondary N) is 1. The van der Waals surface area contributed by atoms with Gasteiger partial charge in [-0.3, -0.25) is 19.6 Å². The van der Waals surface area contributed by atoms with Crippen molar-refractivity contribution in [1.29, 1.82) is 0 Å². The highest BCUT2D eigenvalue weighted by molar-refractivity contribution is 6.31. The Labute approximate surface area is 272 Å². The Bertz CT molecular complexity index is 1680. The molecule has 0 bridgehead atoms. The van der Waals surface area contributed by atoms with E-state index in [-0.39, 0.29) is 25.2 Å². The van der Waals surface area contributed by atoms with Gasteiger partial charge in [-0.2, -0.15) is 0 Å². The molecule has 2 aliphatic carbocycles. The van der Waals surface area contributed by atoms with Crippen LogP contribution in [0.1, 0.15) is 66.4 Å². The molecule has 5 N–H and O–H groups in total. The van der Waals surface area contributed by atoms with Gasteiger partial charge in [-0.1, -0.05) is 59.0 Å². The molecule has 10 heteroatoms. The monoisotopic (exact) mass is 644 g/mol. The number of aliphatic hydroxyl groups is 2.